The Morgan fingerprint density at radius 3 is 2.77 bits per heavy atom. The average Bonchev–Trinajstić information content (AvgIpc) is 3.02. The Morgan fingerprint density at radius 1 is 1.27 bits per heavy atom. The summed E-state index contributed by atoms with van der Waals surface area (Å²) in [6, 6.07) is 11.9. The molecule has 1 saturated heterocycles. The standard InChI is InChI=1S/C20H19ClFNO3/c1-2-13-6-3-4-9-18(13)23-11-14(10-19(23)24)20(25)26-12-15-16(21)7-5-8-17(15)22/h3-9,14H,2,10-12H2,1H3/t14-/m0/s1. The highest BCUT2D eigenvalue weighted by Gasteiger charge is 2.36. The lowest BCUT2D eigenvalue weighted by Crippen LogP contribution is -2.27. The number of hydrogen-bond donors (Lipinski definition) is 0. The number of anilines is 1. The zero-order valence-electron chi connectivity index (χ0n) is 14.4. The fraction of sp³-hybridized carbons (Fsp3) is 0.300. The summed E-state index contributed by atoms with van der Waals surface area (Å²) in [4.78, 5) is 26.4. The molecule has 26 heavy (non-hydrogen) atoms. The van der Waals surface area contributed by atoms with E-state index in [0.717, 1.165) is 17.7 Å². The monoisotopic (exact) mass is 375 g/mol. The molecule has 4 nitrogen and oxygen atoms in total. The first-order valence-electron chi connectivity index (χ1n) is 8.49. The Bertz CT molecular complexity index is 819. The first kappa shape index (κ1) is 18.4. The number of esters is 1. The SMILES string of the molecule is CCc1ccccc1N1C[C@@H](C(=O)OCc2c(F)cccc2Cl)CC1=O. The number of benzene rings is 2. The Labute approximate surface area is 156 Å². The van der Waals surface area contributed by atoms with Crippen LogP contribution in [0.3, 0.4) is 0 Å². The van der Waals surface area contributed by atoms with Crippen LogP contribution in [0.1, 0.15) is 24.5 Å². The molecule has 0 N–H and O–H groups in total. The van der Waals surface area contributed by atoms with Gasteiger partial charge in [-0.15, -0.1) is 0 Å². The minimum absolute atomic E-state index is 0.0852. The summed E-state index contributed by atoms with van der Waals surface area (Å²) < 4.78 is 19.0. The first-order valence-corrected chi connectivity index (χ1v) is 8.86. The van der Waals surface area contributed by atoms with E-state index in [1.807, 2.05) is 31.2 Å². The smallest absolute Gasteiger partial charge is 0.311 e. The van der Waals surface area contributed by atoms with E-state index in [4.69, 9.17) is 16.3 Å². The first-order chi connectivity index (χ1) is 12.5. The highest BCUT2D eigenvalue weighted by molar-refractivity contribution is 6.31. The number of amides is 1. The maximum atomic E-state index is 13.8. The quantitative estimate of drug-likeness (QED) is 0.738. The number of carbonyl (C=O) groups is 2. The van der Waals surface area contributed by atoms with Gasteiger partial charge in [0.25, 0.3) is 0 Å². The lowest BCUT2D eigenvalue weighted by atomic mass is 10.1. The van der Waals surface area contributed by atoms with Crippen LogP contribution in [0.25, 0.3) is 0 Å². The topological polar surface area (TPSA) is 46.6 Å². The number of ether oxygens (including phenoxy) is 1. The fourth-order valence-electron chi connectivity index (χ4n) is 3.10. The normalized spacial score (nSPS) is 16.8. The van der Waals surface area contributed by atoms with Crippen LogP contribution in [-0.4, -0.2) is 18.4 Å². The maximum absolute atomic E-state index is 13.8. The van der Waals surface area contributed by atoms with Gasteiger partial charge in [-0.2, -0.15) is 0 Å². The molecule has 1 heterocycles. The second-order valence-corrected chi connectivity index (χ2v) is 6.60. The van der Waals surface area contributed by atoms with E-state index in [2.05, 4.69) is 0 Å². The van der Waals surface area contributed by atoms with Gasteiger partial charge in [0.1, 0.15) is 12.4 Å². The molecule has 1 atom stereocenters. The van der Waals surface area contributed by atoms with Crippen LogP contribution in [0.5, 0.6) is 0 Å². The third-order valence-electron chi connectivity index (χ3n) is 4.54. The van der Waals surface area contributed by atoms with Gasteiger partial charge in [0.05, 0.1) is 10.9 Å². The van der Waals surface area contributed by atoms with Gasteiger partial charge in [0.2, 0.25) is 5.91 Å². The Balaban J connectivity index is 1.67. The molecule has 136 valence electrons. The van der Waals surface area contributed by atoms with Crippen LogP contribution in [0, 0.1) is 11.7 Å². The summed E-state index contributed by atoms with van der Waals surface area (Å²) >= 11 is 5.94. The minimum Gasteiger partial charge on any atom is -0.460 e. The molecule has 3 rings (SSSR count). The van der Waals surface area contributed by atoms with Crippen molar-refractivity contribution in [2.75, 3.05) is 11.4 Å². The number of carbonyl (C=O) groups excluding carboxylic acids is 2. The second kappa shape index (κ2) is 7.87. The zero-order chi connectivity index (χ0) is 18.7. The molecule has 0 bridgehead atoms. The van der Waals surface area contributed by atoms with Crippen LogP contribution in [0.15, 0.2) is 42.5 Å². The number of para-hydroxylation sites is 1. The fourth-order valence-corrected chi connectivity index (χ4v) is 3.32. The molecule has 0 saturated carbocycles. The summed E-state index contributed by atoms with van der Waals surface area (Å²) in [7, 11) is 0. The van der Waals surface area contributed by atoms with E-state index in [1.54, 1.807) is 4.90 Å². The van der Waals surface area contributed by atoms with Crippen molar-refractivity contribution in [1.29, 1.82) is 0 Å². The van der Waals surface area contributed by atoms with Crippen molar-refractivity contribution in [3.63, 3.8) is 0 Å². The number of halogens is 2. The molecule has 0 radical (unpaired) electrons. The van der Waals surface area contributed by atoms with E-state index in [0.29, 0.717) is 0 Å². The van der Waals surface area contributed by atoms with Crippen LogP contribution in [0.2, 0.25) is 5.02 Å². The van der Waals surface area contributed by atoms with Gasteiger partial charge in [-0.05, 0) is 30.2 Å². The molecule has 1 fully saturated rings. The summed E-state index contributed by atoms with van der Waals surface area (Å²) in [6.07, 6.45) is 0.878. The van der Waals surface area contributed by atoms with Gasteiger partial charge >= 0.3 is 5.97 Å². The maximum Gasteiger partial charge on any atom is 0.311 e. The molecule has 1 amide bonds. The van der Waals surface area contributed by atoms with Crippen molar-refractivity contribution >= 4 is 29.2 Å². The van der Waals surface area contributed by atoms with Crippen molar-refractivity contribution in [3.8, 4) is 0 Å². The van der Waals surface area contributed by atoms with Gasteiger partial charge in [-0.1, -0.05) is 42.8 Å². The van der Waals surface area contributed by atoms with Crippen LogP contribution in [-0.2, 0) is 27.4 Å². The predicted octanol–water partition coefficient (Wildman–Crippen LogP) is 4.14. The number of nitrogens with zero attached hydrogens (tertiary/aromatic N) is 1. The average molecular weight is 376 g/mol. The van der Waals surface area contributed by atoms with Gasteiger partial charge in [-0.25, -0.2) is 4.39 Å². The lowest BCUT2D eigenvalue weighted by Gasteiger charge is -2.19. The van der Waals surface area contributed by atoms with Crippen LogP contribution < -0.4 is 4.90 Å². The minimum atomic E-state index is -0.571. The second-order valence-electron chi connectivity index (χ2n) is 6.20. The highest BCUT2D eigenvalue weighted by atomic mass is 35.5. The number of rotatable bonds is 5. The van der Waals surface area contributed by atoms with Crippen molar-refractivity contribution in [1.82, 2.24) is 0 Å². The molecule has 6 heteroatoms. The Morgan fingerprint density at radius 2 is 2.04 bits per heavy atom. The Kier molecular flexibility index (Phi) is 5.57. The molecule has 0 aromatic heterocycles. The molecular formula is C20H19ClFNO3. The number of hydrogen-bond acceptors (Lipinski definition) is 3. The molecular weight excluding hydrogens is 357 g/mol. The largest absolute Gasteiger partial charge is 0.460 e. The van der Waals surface area contributed by atoms with E-state index in [1.165, 1.54) is 18.2 Å². The van der Waals surface area contributed by atoms with E-state index in [9.17, 15) is 14.0 Å². The van der Waals surface area contributed by atoms with Gasteiger partial charge in [-0.3, -0.25) is 9.59 Å². The summed E-state index contributed by atoms with van der Waals surface area (Å²) in [6.45, 7) is 2.03. The molecule has 2 aromatic carbocycles. The molecule has 1 aliphatic rings. The molecule has 2 aromatic rings. The van der Waals surface area contributed by atoms with Gasteiger partial charge < -0.3 is 9.64 Å². The van der Waals surface area contributed by atoms with Crippen molar-refractivity contribution in [3.05, 3.63) is 64.4 Å². The third-order valence-corrected chi connectivity index (χ3v) is 4.90. The lowest BCUT2D eigenvalue weighted by molar-refractivity contribution is -0.149. The summed E-state index contributed by atoms with van der Waals surface area (Å²) in [5, 5.41) is 0.207. The van der Waals surface area contributed by atoms with Crippen molar-refractivity contribution in [2.24, 2.45) is 5.92 Å². The van der Waals surface area contributed by atoms with Crippen molar-refractivity contribution in [2.45, 2.75) is 26.4 Å². The van der Waals surface area contributed by atoms with Gasteiger partial charge in [0.15, 0.2) is 0 Å². The summed E-state index contributed by atoms with van der Waals surface area (Å²) in [5.41, 5.74) is 2.01. The zero-order valence-corrected chi connectivity index (χ0v) is 15.1. The van der Waals surface area contributed by atoms with Crippen LogP contribution in [0.4, 0.5) is 10.1 Å². The van der Waals surface area contributed by atoms with E-state index < -0.39 is 17.7 Å². The number of aryl methyl sites for hydroxylation is 1. The highest BCUT2D eigenvalue weighted by Crippen LogP contribution is 2.29. The summed E-state index contributed by atoms with van der Waals surface area (Å²) in [5.74, 6) is -1.73. The molecule has 1 aliphatic heterocycles. The van der Waals surface area contributed by atoms with E-state index >= 15 is 0 Å². The molecule has 0 unspecified atom stereocenters. The van der Waals surface area contributed by atoms with Gasteiger partial charge in [0, 0.05) is 24.2 Å². The Hall–Kier alpha value is -2.40. The van der Waals surface area contributed by atoms with Crippen molar-refractivity contribution < 1.29 is 18.7 Å². The predicted molar refractivity (Wildman–Crippen MR) is 97.5 cm³/mol. The van der Waals surface area contributed by atoms with Crippen LogP contribution >= 0.6 is 11.6 Å². The van der Waals surface area contributed by atoms with E-state index in [-0.39, 0.29) is 36.1 Å². The molecule has 0 aliphatic carbocycles. The molecule has 0 spiro atoms. The third kappa shape index (κ3) is 3.73.